The number of amides is 1. The largest absolute Gasteiger partial charge is 0.366 e. The number of rotatable bonds is 3. The van der Waals surface area contributed by atoms with Gasteiger partial charge in [-0.2, -0.15) is 0 Å². The molecule has 1 aliphatic rings. The number of hydrogen-bond acceptors (Lipinski definition) is 4. The van der Waals surface area contributed by atoms with Crippen LogP contribution in [0.1, 0.15) is 27.6 Å². The van der Waals surface area contributed by atoms with Gasteiger partial charge in [0, 0.05) is 48.7 Å². The molecular formula is C22H20FN3O3. The summed E-state index contributed by atoms with van der Waals surface area (Å²) in [6.07, 6.45) is 0. The molecular weight excluding hydrogens is 373 g/mol. The van der Waals surface area contributed by atoms with Crippen molar-refractivity contribution < 1.29 is 14.0 Å². The molecule has 0 spiro atoms. The Labute approximate surface area is 166 Å². The third-order valence-electron chi connectivity index (χ3n) is 5.24. The number of Topliss-reactive ketones (excluding diaryl/α,β-unsaturated/α-hetero) is 1. The zero-order valence-electron chi connectivity index (χ0n) is 15.9. The third kappa shape index (κ3) is 3.63. The Bertz CT molecular complexity index is 1160. The number of anilines is 1. The molecule has 0 radical (unpaired) electrons. The molecule has 6 nitrogen and oxygen atoms in total. The Morgan fingerprint density at radius 2 is 1.72 bits per heavy atom. The van der Waals surface area contributed by atoms with E-state index >= 15 is 0 Å². The molecule has 2 aromatic carbocycles. The van der Waals surface area contributed by atoms with Gasteiger partial charge in [-0.1, -0.05) is 18.2 Å². The van der Waals surface area contributed by atoms with Gasteiger partial charge in [0.2, 0.25) is 5.56 Å². The van der Waals surface area contributed by atoms with Crippen LogP contribution < -0.4 is 10.5 Å². The monoisotopic (exact) mass is 393 g/mol. The zero-order valence-corrected chi connectivity index (χ0v) is 15.9. The Hall–Kier alpha value is -3.48. The molecule has 1 aliphatic heterocycles. The second kappa shape index (κ2) is 7.50. The molecule has 3 aromatic rings. The fourth-order valence-corrected chi connectivity index (χ4v) is 3.68. The first-order valence-corrected chi connectivity index (χ1v) is 9.41. The van der Waals surface area contributed by atoms with E-state index < -0.39 is 5.82 Å². The molecule has 7 heteroatoms. The zero-order chi connectivity index (χ0) is 20.5. The van der Waals surface area contributed by atoms with Crippen molar-refractivity contribution in [2.45, 2.75) is 6.92 Å². The van der Waals surface area contributed by atoms with E-state index in [0.29, 0.717) is 53.9 Å². The van der Waals surface area contributed by atoms with Crippen molar-refractivity contribution in [1.82, 2.24) is 9.88 Å². The first kappa shape index (κ1) is 18.9. The number of piperazine rings is 1. The topological polar surface area (TPSA) is 73.5 Å². The van der Waals surface area contributed by atoms with E-state index in [2.05, 4.69) is 4.98 Å². The van der Waals surface area contributed by atoms with E-state index in [9.17, 15) is 18.8 Å². The van der Waals surface area contributed by atoms with E-state index in [4.69, 9.17) is 0 Å². The summed E-state index contributed by atoms with van der Waals surface area (Å²) in [6.45, 7) is 3.14. The number of benzene rings is 2. The minimum Gasteiger partial charge on any atom is -0.366 e. The highest BCUT2D eigenvalue weighted by Gasteiger charge is 2.25. The van der Waals surface area contributed by atoms with Crippen LogP contribution in [0, 0.1) is 5.82 Å². The predicted octanol–water partition coefficient (Wildman–Crippen LogP) is 2.83. The van der Waals surface area contributed by atoms with Gasteiger partial charge >= 0.3 is 0 Å². The van der Waals surface area contributed by atoms with Gasteiger partial charge in [0.05, 0.1) is 11.3 Å². The second-order valence-electron chi connectivity index (χ2n) is 7.09. The maximum absolute atomic E-state index is 14.4. The molecule has 2 heterocycles. The lowest BCUT2D eigenvalue weighted by molar-refractivity contribution is 0.0748. The van der Waals surface area contributed by atoms with E-state index in [1.54, 1.807) is 35.2 Å². The first-order chi connectivity index (χ1) is 13.9. The maximum Gasteiger partial charge on any atom is 0.254 e. The number of hydrogen-bond donors (Lipinski definition) is 1. The van der Waals surface area contributed by atoms with Crippen molar-refractivity contribution in [2.24, 2.45) is 0 Å². The maximum atomic E-state index is 14.4. The molecule has 148 valence electrons. The summed E-state index contributed by atoms with van der Waals surface area (Å²) >= 11 is 0. The quantitative estimate of drug-likeness (QED) is 0.695. The van der Waals surface area contributed by atoms with Gasteiger partial charge in [-0.25, -0.2) is 4.39 Å². The number of carbonyl (C=O) groups is 2. The van der Waals surface area contributed by atoms with Crippen molar-refractivity contribution in [3.05, 3.63) is 75.8 Å². The minimum atomic E-state index is -0.446. The highest BCUT2D eigenvalue weighted by Crippen LogP contribution is 2.23. The van der Waals surface area contributed by atoms with Crippen LogP contribution in [-0.4, -0.2) is 47.8 Å². The summed E-state index contributed by atoms with van der Waals surface area (Å²) in [4.78, 5) is 42.7. The number of ketones is 1. The van der Waals surface area contributed by atoms with E-state index in [1.807, 2.05) is 11.0 Å². The number of aromatic amines is 1. The van der Waals surface area contributed by atoms with E-state index in [-0.39, 0.29) is 17.2 Å². The molecule has 0 saturated carbocycles. The van der Waals surface area contributed by atoms with Crippen LogP contribution in [0.2, 0.25) is 0 Å². The molecule has 1 saturated heterocycles. The van der Waals surface area contributed by atoms with Crippen LogP contribution in [-0.2, 0) is 0 Å². The fraction of sp³-hybridized carbons (Fsp3) is 0.227. The number of carbonyl (C=O) groups excluding carboxylic acids is 2. The highest BCUT2D eigenvalue weighted by atomic mass is 19.1. The predicted molar refractivity (Wildman–Crippen MR) is 109 cm³/mol. The lowest BCUT2D eigenvalue weighted by Crippen LogP contribution is -2.49. The summed E-state index contributed by atoms with van der Waals surface area (Å²) in [6, 6.07) is 13.0. The van der Waals surface area contributed by atoms with Crippen LogP contribution in [0.15, 0.2) is 53.3 Å². The van der Waals surface area contributed by atoms with Crippen molar-refractivity contribution in [1.29, 1.82) is 0 Å². The Morgan fingerprint density at radius 1 is 1.00 bits per heavy atom. The van der Waals surface area contributed by atoms with Crippen LogP contribution in [0.4, 0.5) is 10.1 Å². The Morgan fingerprint density at radius 3 is 2.41 bits per heavy atom. The van der Waals surface area contributed by atoms with Gasteiger partial charge in [0.1, 0.15) is 5.82 Å². The number of H-pyrrole nitrogens is 1. The van der Waals surface area contributed by atoms with E-state index in [0.717, 1.165) is 0 Å². The van der Waals surface area contributed by atoms with Crippen LogP contribution >= 0.6 is 0 Å². The van der Waals surface area contributed by atoms with Gasteiger partial charge < -0.3 is 14.8 Å². The molecule has 4 rings (SSSR count). The normalized spacial score (nSPS) is 14.3. The summed E-state index contributed by atoms with van der Waals surface area (Å²) in [5, 5.41) is 0.699. The van der Waals surface area contributed by atoms with Crippen LogP contribution in [0.5, 0.6) is 0 Å². The number of fused-ring (bicyclic) bond motifs is 1. The highest BCUT2D eigenvalue weighted by molar-refractivity contribution is 6.06. The average Bonchev–Trinajstić information content (AvgIpc) is 2.72. The van der Waals surface area contributed by atoms with Crippen molar-refractivity contribution in [3.8, 4) is 0 Å². The summed E-state index contributed by atoms with van der Waals surface area (Å²) in [5.74, 6) is -0.839. The fourth-order valence-electron chi connectivity index (χ4n) is 3.68. The molecule has 0 atom stereocenters. The molecule has 1 fully saturated rings. The molecule has 0 aliphatic carbocycles. The molecule has 1 amide bonds. The smallest absolute Gasteiger partial charge is 0.254 e. The molecule has 0 unspecified atom stereocenters. The van der Waals surface area contributed by atoms with Gasteiger partial charge in [0.15, 0.2) is 5.78 Å². The number of nitrogens with one attached hydrogen (secondary N) is 1. The van der Waals surface area contributed by atoms with Crippen molar-refractivity contribution in [2.75, 3.05) is 31.1 Å². The summed E-state index contributed by atoms with van der Waals surface area (Å²) in [7, 11) is 0. The number of pyridine rings is 1. The molecule has 1 aromatic heterocycles. The minimum absolute atomic E-state index is 0.184. The number of nitrogens with zero attached hydrogens (tertiary/aromatic N) is 2. The van der Waals surface area contributed by atoms with Gasteiger partial charge in [-0.15, -0.1) is 0 Å². The lowest BCUT2D eigenvalue weighted by Gasteiger charge is -2.36. The van der Waals surface area contributed by atoms with Crippen molar-refractivity contribution >= 4 is 28.3 Å². The lowest BCUT2D eigenvalue weighted by atomic mass is 10.1. The number of para-hydroxylation sites is 1. The van der Waals surface area contributed by atoms with Gasteiger partial charge in [-0.3, -0.25) is 14.4 Å². The summed E-state index contributed by atoms with van der Waals surface area (Å²) in [5.41, 5.74) is 1.42. The molecule has 0 bridgehead atoms. The third-order valence-corrected chi connectivity index (χ3v) is 5.24. The number of aromatic nitrogens is 1. The SMILES string of the molecule is CC(=O)c1ccc(N2CCN(C(=O)c3cc(=O)[nH]c4ccccc34)CC2)c(F)c1. The average molecular weight is 393 g/mol. The first-order valence-electron chi connectivity index (χ1n) is 9.41. The van der Waals surface area contributed by atoms with Crippen LogP contribution in [0.25, 0.3) is 10.9 Å². The van der Waals surface area contributed by atoms with Crippen LogP contribution in [0.3, 0.4) is 0 Å². The molecule has 29 heavy (non-hydrogen) atoms. The Kier molecular flexibility index (Phi) is 4.88. The van der Waals surface area contributed by atoms with Crippen molar-refractivity contribution in [3.63, 3.8) is 0 Å². The number of halogens is 1. The standard InChI is InChI=1S/C22H20FN3O3/c1-14(27)15-6-7-20(18(23)12-15)25-8-10-26(11-9-25)22(29)17-13-21(28)24-19-5-3-2-4-16(17)19/h2-7,12-13H,8-11H2,1H3,(H,24,28). The van der Waals surface area contributed by atoms with Gasteiger partial charge in [-0.05, 0) is 31.2 Å². The molecule has 1 N–H and O–H groups in total. The summed E-state index contributed by atoms with van der Waals surface area (Å²) < 4.78 is 14.4. The van der Waals surface area contributed by atoms with Gasteiger partial charge in [0.25, 0.3) is 5.91 Å². The van der Waals surface area contributed by atoms with E-state index in [1.165, 1.54) is 19.1 Å². The Balaban J connectivity index is 1.53. The second-order valence-corrected chi connectivity index (χ2v) is 7.09.